The fourth-order valence-electron chi connectivity index (χ4n) is 2.75. The highest BCUT2D eigenvalue weighted by molar-refractivity contribution is 5.79. The van der Waals surface area contributed by atoms with E-state index in [0.717, 1.165) is 41.9 Å². The Hall–Kier alpha value is -2.20. The van der Waals surface area contributed by atoms with Crippen molar-refractivity contribution in [1.29, 1.82) is 0 Å². The maximum absolute atomic E-state index is 13.2. The molecule has 3 nitrogen and oxygen atoms in total. The van der Waals surface area contributed by atoms with Gasteiger partial charge in [-0.05, 0) is 48.4 Å². The Morgan fingerprint density at radius 2 is 2.00 bits per heavy atom. The van der Waals surface area contributed by atoms with E-state index >= 15 is 0 Å². The summed E-state index contributed by atoms with van der Waals surface area (Å²) in [6, 6.07) is 11.0. The van der Waals surface area contributed by atoms with E-state index in [1.807, 2.05) is 0 Å². The van der Waals surface area contributed by atoms with E-state index in [4.69, 9.17) is 0 Å². The summed E-state index contributed by atoms with van der Waals surface area (Å²) in [4.78, 5) is 7.72. The number of benzene rings is 2. The maximum Gasteiger partial charge on any atom is 0.138 e. The van der Waals surface area contributed by atoms with Crippen LogP contribution in [0, 0.1) is 5.82 Å². The molecule has 20 heavy (non-hydrogen) atoms. The van der Waals surface area contributed by atoms with Gasteiger partial charge in [0, 0.05) is 12.1 Å². The summed E-state index contributed by atoms with van der Waals surface area (Å²) < 4.78 is 13.2. The summed E-state index contributed by atoms with van der Waals surface area (Å²) in [5.74, 6) is 0.543. The highest BCUT2D eigenvalue weighted by Crippen LogP contribution is 2.24. The van der Waals surface area contributed by atoms with Crippen molar-refractivity contribution in [2.75, 3.05) is 6.54 Å². The molecule has 0 atom stereocenters. The van der Waals surface area contributed by atoms with Crippen LogP contribution in [0.25, 0.3) is 22.4 Å². The van der Waals surface area contributed by atoms with Crippen molar-refractivity contribution in [3.63, 3.8) is 0 Å². The molecule has 0 saturated heterocycles. The first-order chi connectivity index (χ1) is 9.79. The number of nitrogens with one attached hydrogen (secondary N) is 2. The number of aromatic nitrogens is 2. The van der Waals surface area contributed by atoms with Crippen LogP contribution in [0.15, 0.2) is 36.4 Å². The standard InChI is InChI=1S/C16H14FN3/c17-13-3-4-14-15(8-13)20-16(19-14)11-2-1-10-5-6-18-9-12(10)7-11/h1-4,7-8,18H,5-6,9H2,(H,19,20). The number of fused-ring (bicyclic) bond motifs is 2. The normalized spacial score (nSPS) is 14.4. The van der Waals surface area contributed by atoms with Gasteiger partial charge in [0.1, 0.15) is 11.6 Å². The Labute approximate surface area is 115 Å². The summed E-state index contributed by atoms with van der Waals surface area (Å²) in [5.41, 5.74) is 5.28. The second-order valence-electron chi connectivity index (χ2n) is 5.16. The molecule has 0 spiro atoms. The third-order valence-corrected chi connectivity index (χ3v) is 3.81. The number of halogens is 1. The van der Waals surface area contributed by atoms with Crippen LogP contribution in [0.1, 0.15) is 11.1 Å². The Kier molecular flexibility index (Phi) is 2.57. The maximum atomic E-state index is 13.2. The monoisotopic (exact) mass is 267 g/mol. The Bertz CT molecular complexity index is 792. The predicted octanol–water partition coefficient (Wildman–Crippen LogP) is 3.01. The van der Waals surface area contributed by atoms with Crippen LogP contribution in [-0.2, 0) is 13.0 Å². The summed E-state index contributed by atoms with van der Waals surface area (Å²) in [6.07, 6.45) is 1.07. The Morgan fingerprint density at radius 3 is 2.95 bits per heavy atom. The third kappa shape index (κ3) is 1.89. The van der Waals surface area contributed by atoms with Gasteiger partial charge in [-0.3, -0.25) is 0 Å². The summed E-state index contributed by atoms with van der Waals surface area (Å²) in [7, 11) is 0. The summed E-state index contributed by atoms with van der Waals surface area (Å²) in [6.45, 7) is 1.94. The molecule has 0 unspecified atom stereocenters. The first kappa shape index (κ1) is 11.6. The van der Waals surface area contributed by atoms with Gasteiger partial charge >= 0.3 is 0 Å². The van der Waals surface area contributed by atoms with Gasteiger partial charge in [-0.25, -0.2) is 9.37 Å². The van der Waals surface area contributed by atoms with Gasteiger partial charge in [0.25, 0.3) is 0 Å². The van der Waals surface area contributed by atoms with Crippen molar-refractivity contribution in [3.8, 4) is 11.4 Å². The van der Waals surface area contributed by atoms with Crippen molar-refractivity contribution in [1.82, 2.24) is 15.3 Å². The molecule has 1 aliphatic rings. The number of hydrogen-bond acceptors (Lipinski definition) is 2. The Balaban J connectivity index is 1.82. The second-order valence-corrected chi connectivity index (χ2v) is 5.16. The molecule has 1 aromatic heterocycles. The zero-order chi connectivity index (χ0) is 13.5. The molecule has 4 rings (SSSR count). The van der Waals surface area contributed by atoms with Crippen molar-refractivity contribution in [2.24, 2.45) is 0 Å². The average Bonchev–Trinajstić information content (AvgIpc) is 2.89. The molecule has 2 heterocycles. The van der Waals surface area contributed by atoms with Crippen LogP contribution in [0.4, 0.5) is 4.39 Å². The number of rotatable bonds is 1. The zero-order valence-corrected chi connectivity index (χ0v) is 10.9. The lowest BCUT2D eigenvalue weighted by atomic mass is 9.98. The molecule has 1 aliphatic heterocycles. The van der Waals surface area contributed by atoms with Crippen molar-refractivity contribution in [2.45, 2.75) is 13.0 Å². The molecule has 4 heteroatoms. The van der Waals surface area contributed by atoms with Gasteiger partial charge < -0.3 is 10.3 Å². The summed E-state index contributed by atoms with van der Waals surface area (Å²) in [5, 5.41) is 3.37. The number of hydrogen-bond donors (Lipinski definition) is 2. The van der Waals surface area contributed by atoms with Gasteiger partial charge in [0.2, 0.25) is 0 Å². The van der Waals surface area contributed by atoms with E-state index in [1.54, 1.807) is 6.07 Å². The fraction of sp³-hybridized carbons (Fsp3) is 0.188. The number of H-pyrrole nitrogens is 1. The third-order valence-electron chi connectivity index (χ3n) is 3.81. The lowest BCUT2D eigenvalue weighted by molar-refractivity contribution is 0.629. The van der Waals surface area contributed by atoms with E-state index in [-0.39, 0.29) is 5.82 Å². The van der Waals surface area contributed by atoms with Crippen molar-refractivity contribution < 1.29 is 4.39 Å². The second kappa shape index (κ2) is 4.42. The van der Waals surface area contributed by atoms with Crippen LogP contribution in [0.3, 0.4) is 0 Å². The largest absolute Gasteiger partial charge is 0.338 e. The molecule has 0 bridgehead atoms. The van der Waals surface area contributed by atoms with Crippen LogP contribution < -0.4 is 5.32 Å². The number of aromatic amines is 1. The Morgan fingerprint density at radius 1 is 1.05 bits per heavy atom. The summed E-state index contributed by atoms with van der Waals surface area (Å²) >= 11 is 0. The highest BCUT2D eigenvalue weighted by atomic mass is 19.1. The predicted molar refractivity (Wildman–Crippen MR) is 76.9 cm³/mol. The smallest absolute Gasteiger partial charge is 0.138 e. The molecule has 0 saturated carbocycles. The van der Waals surface area contributed by atoms with Crippen LogP contribution in [-0.4, -0.2) is 16.5 Å². The van der Waals surface area contributed by atoms with E-state index < -0.39 is 0 Å². The quantitative estimate of drug-likeness (QED) is 0.711. The molecule has 2 N–H and O–H groups in total. The minimum atomic E-state index is -0.248. The molecular formula is C16H14FN3. The van der Waals surface area contributed by atoms with Crippen LogP contribution in [0.2, 0.25) is 0 Å². The topological polar surface area (TPSA) is 40.7 Å². The SMILES string of the molecule is Fc1ccc2nc(-c3ccc4c(c3)CNCC4)[nH]c2c1. The fourth-order valence-corrected chi connectivity index (χ4v) is 2.75. The lowest BCUT2D eigenvalue weighted by Gasteiger charge is -2.17. The van der Waals surface area contributed by atoms with Gasteiger partial charge in [0.05, 0.1) is 11.0 Å². The molecular weight excluding hydrogens is 253 g/mol. The van der Waals surface area contributed by atoms with E-state index in [1.165, 1.54) is 23.3 Å². The van der Waals surface area contributed by atoms with Gasteiger partial charge in [-0.2, -0.15) is 0 Å². The molecule has 3 aromatic rings. The van der Waals surface area contributed by atoms with Gasteiger partial charge in [-0.15, -0.1) is 0 Å². The van der Waals surface area contributed by atoms with Crippen molar-refractivity contribution >= 4 is 11.0 Å². The van der Waals surface area contributed by atoms with Crippen LogP contribution in [0.5, 0.6) is 0 Å². The number of nitrogens with zero attached hydrogens (tertiary/aromatic N) is 1. The number of imidazole rings is 1. The van der Waals surface area contributed by atoms with Gasteiger partial charge in [-0.1, -0.05) is 12.1 Å². The zero-order valence-electron chi connectivity index (χ0n) is 10.9. The lowest BCUT2D eigenvalue weighted by Crippen LogP contribution is -2.23. The van der Waals surface area contributed by atoms with E-state index in [0.29, 0.717) is 0 Å². The van der Waals surface area contributed by atoms with E-state index in [2.05, 4.69) is 33.5 Å². The first-order valence-electron chi connectivity index (χ1n) is 6.78. The van der Waals surface area contributed by atoms with Crippen LogP contribution >= 0.6 is 0 Å². The minimum absolute atomic E-state index is 0.248. The molecule has 0 radical (unpaired) electrons. The van der Waals surface area contributed by atoms with Crippen molar-refractivity contribution in [3.05, 3.63) is 53.3 Å². The first-order valence-corrected chi connectivity index (χ1v) is 6.78. The molecule has 0 fully saturated rings. The molecule has 2 aromatic carbocycles. The van der Waals surface area contributed by atoms with E-state index in [9.17, 15) is 4.39 Å². The molecule has 0 aliphatic carbocycles. The highest BCUT2D eigenvalue weighted by Gasteiger charge is 2.11. The minimum Gasteiger partial charge on any atom is -0.338 e. The molecule has 100 valence electrons. The average molecular weight is 267 g/mol. The molecule has 0 amide bonds. The van der Waals surface area contributed by atoms with Gasteiger partial charge in [0.15, 0.2) is 0 Å².